The predicted octanol–water partition coefficient (Wildman–Crippen LogP) is 2.87. The van der Waals surface area contributed by atoms with E-state index in [4.69, 9.17) is 4.74 Å². The quantitative estimate of drug-likeness (QED) is 0.525. The van der Waals surface area contributed by atoms with Gasteiger partial charge in [-0.3, -0.25) is 0 Å². The summed E-state index contributed by atoms with van der Waals surface area (Å²) in [5.74, 6) is 0. The molecule has 0 unspecified atom stereocenters. The van der Waals surface area contributed by atoms with Gasteiger partial charge in [-0.25, -0.2) is 0 Å². The molecule has 1 aliphatic carbocycles. The summed E-state index contributed by atoms with van der Waals surface area (Å²) < 4.78 is 5.71. The van der Waals surface area contributed by atoms with E-state index in [1.165, 1.54) is 32.1 Å². The maximum atomic E-state index is 5.71. The maximum absolute atomic E-state index is 5.71. The molecule has 3 atom stereocenters. The molecule has 0 radical (unpaired) electrons. The normalized spacial score (nSPS) is 47.5. The summed E-state index contributed by atoms with van der Waals surface area (Å²) in [5, 5.41) is 0. The third kappa shape index (κ3) is 1.25. The highest BCUT2D eigenvalue weighted by Gasteiger charge is 2.62. The van der Waals surface area contributed by atoms with Crippen LogP contribution in [0.1, 0.15) is 39.0 Å². The summed E-state index contributed by atoms with van der Waals surface area (Å²) in [7, 11) is 0. The van der Waals surface area contributed by atoms with Crippen molar-refractivity contribution in [1.29, 1.82) is 0 Å². The van der Waals surface area contributed by atoms with Gasteiger partial charge in [0.25, 0.3) is 0 Å². The lowest BCUT2D eigenvalue weighted by atomic mass is 10.0. The second kappa shape index (κ2) is 2.74. The van der Waals surface area contributed by atoms with Gasteiger partial charge in [-0.2, -0.15) is 0 Å². The van der Waals surface area contributed by atoms with Crippen LogP contribution in [0.25, 0.3) is 0 Å². The number of rotatable bonds is 3. The lowest BCUT2D eigenvalue weighted by Gasteiger charge is -2.05. The van der Waals surface area contributed by atoms with Crippen molar-refractivity contribution in [1.82, 2.24) is 0 Å². The molecular formula is C9H15BrO. The zero-order chi connectivity index (χ0) is 7.90. The van der Waals surface area contributed by atoms with E-state index in [-0.39, 0.29) is 0 Å². The molecule has 0 bridgehead atoms. The van der Waals surface area contributed by atoms with E-state index < -0.39 is 0 Å². The second-order valence-electron chi connectivity index (χ2n) is 3.76. The highest BCUT2D eigenvalue weighted by Crippen LogP contribution is 2.55. The van der Waals surface area contributed by atoms with Gasteiger partial charge in [0, 0.05) is 4.83 Å². The highest BCUT2D eigenvalue weighted by molar-refractivity contribution is 9.09. The highest BCUT2D eigenvalue weighted by atomic mass is 79.9. The summed E-state index contributed by atoms with van der Waals surface area (Å²) >= 11 is 3.65. The average Bonchev–Trinajstić information content (AvgIpc) is 2.66. The zero-order valence-corrected chi connectivity index (χ0v) is 8.56. The number of ether oxygens (including phenoxy) is 1. The SMILES string of the molecule is CCCC[C@@]12CC[C@@H](Br)[C@@H]1O2. The Balaban J connectivity index is 1.86. The number of unbranched alkanes of at least 4 members (excludes halogenated alkanes) is 1. The van der Waals surface area contributed by atoms with Crippen molar-refractivity contribution < 1.29 is 4.74 Å². The van der Waals surface area contributed by atoms with Crippen LogP contribution >= 0.6 is 15.9 Å². The van der Waals surface area contributed by atoms with E-state index in [2.05, 4.69) is 22.9 Å². The Morgan fingerprint density at radius 2 is 2.45 bits per heavy atom. The molecule has 1 nitrogen and oxygen atoms in total. The van der Waals surface area contributed by atoms with Gasteiger partial charge >= 0.3 is 0 Å². The van der Waals surface area contributed by atoms with Gasteiger partial charge in [0.2, 0.25) is 0 Å². The Hall–Kier alpha value is 0.440. The lowest BCUT2D eigenvalue weighted by molar-refractivity contribution is 0.241. The van der Waals surface area contributed by atoms with Crippen molar-refractivity contribution in [3.05, 3.63) is 0 Å². The molecule has 2 aliphatic rings. The molecule has 1 aliphatic heterocycles. The average molecular weight is 219 g/mol. The van der Waals surface area contributed by atoms with E-state index in [0.717, 1.165) is 0 Å². The number of halogens is 1. The Morgan fingerprint density at radius 1 is 1.64 bits per heavy atom. The summed E-state index contributed by atoms with van der Waals surface area (Å²) in [6, 6.07) is 0. The molecule has 2 rings (SSSR count). The first-order valence-electron chi connectivity index (χ1n) is 4.60. The largest absolute Gasteiger partial charge is 0.365 e. The number of hydrogen-bond acceptors (Lipinski definition) is 1. The van der Waals surface area contributed by atoms with Crippen molar-refractivity contribution in [3.63, 3.8) is 0 Å². The van der Waals surface area contributed by atoms with Gasteiger partial charge in [-0.05, 0) is 19.3 Å². The van der Waals surface area contributed by atoms with Gasteiger partial charge in [0.1, 0.15) is 0 Å². The van der Waals surface area contributed by atoms with Crippen LogP contribution in [-0.2, 0) is 4.74 Å². The molecule has 0 aromatic rings. The molecule has 0 spiro atoms. The third-order valence-electron chi connectivity index (χ3n) is 2.95. The maximum Gasteiger partial charge on any atom is 0.0998 e. The van der Waals surface area contributed by atoms with Crippen LogP contribution in [0.2, 0.25) is 0 Å². The van der Waals surface area contributed by atoms with Gasteiger partial charge in [0.15, 0.2) is 0 Å². The van der Waals surface area contributed by atoms with Crippen molar-refractivity contribution in [2.75, 3.05) is 0 Å². The Kier molecular flexibility index (Phi) is 2.00. The molecule has 11 heavy (non-hydrogen) atoms. The summed E-state index contributed by atoms with van der Waals surface area (Å²) in [6.45, 7) is 2.24. The molecule has 64 valence electrons. The summed E-state index contributed by atoms with van der Waals surface area (Å²) in [6.07, 6.45) is 7.08. The molecule has 2 heteroatoms. The molecule has 0 N–H and O–H groups in total. The molecule has 1 heterocycles. The molecule has 0 amide bonds. The fourth-order valence-electron chi connectivity index (χ4n) is 2.16. The van der Waals surface area contributed by atoms with Crippen LogP contribution < -0.4 is 0 Å². The first-order valence-corrected chi connectivity index (χ1v) is 5.52. The third-order valence-corrected chi connectivity index (χ3v) is 3.89. The van der Waals surface area contributed by atoms with E-state index in [1.807, 2.05) is 0 Å². The Morgan fingerprint density at radius 3 is 2.91 bits per heavy atom. The van der Waals surface area contributed by atoms with Crippen LogP contribution in [0, 0.1) is 0 Å². The monoisotopic (exact) mass is 218 g/mol. The molecule has 0 aromatic carbocycles. The fraction of sp³-hybridized carbons (Fsp3) is 1.00. The smallest absolute Gasteiger partial charge is 0.0998 e. The number of epoxide rings is 1. The van der Waals surface area contributed by atoms with Gasteiger partial charge in [0.05, 0.1) is 11.7 Å². The lowest BCUT2D eigenvalue weighted by Crippen LogP contribution is -2.09. The van der Waals surface area contributed by atoms with E-state index in [0.29, 0.717) is 16.5 Å². The number of alkyl halides is 1. The Bertz CT molecular complexity index is 160. The predicted molar refractivity (Wildman–Crippen MR) is 49.1 cm³/mol. The molecule has 1 saturated carbocycles. The minimum atomic E-state index is 0.337. The molecule has 1 saturated heterocycles. The minimum Gasteiger partial charge on any atom is -0.365 e. The summed E-state index contributed by atoms with van der Waals surface area (Å²) in [4.78, 5) is 0.652. The van der Waals surface area contributed by atoms with Crippen LogP contribution in [-0.4, -0.2) is 16.5 Å². The second-order valence-corrected chi connectivity index (χ2v) is 4.94. The zero-order valence-electron chi connectivity index (χ0n) is 6.98. The number of fused-ring (bicyclic) bond motifs is 1. The molecule has 2 fully saturated rings. The topological polar surface area (TPSA) is 12.5 Å². The van der Waals surface area contributed by atoms with Crippen molar-refractivity contribution >= 4 is 15.9 Å². The summed E-state index contributed by atoms with van der Waals surface area (Å²) in [5.41, 5.74) is 0.337. The number of hydrogen-bond donors (Lipinski definition) is 0. The first kappa shape index (κ1) is 8.06. The molecular weight excluding hydrogens is 204 g/mol. The minimum absolute atomic E-state index is 0.337. The van der Waals surface area contributed by atoms with Crippen LogP contribution in [0.15, 0.2) is 0 Å². The van der Waals surface area contributed by atoms with Crippen molar-refractivity contribution in [3.8, 4) is 0 Å². The van der Waals surface area contributed by atoms with Gasteiger partial charge < -0.3 is 4.74 Å². The van der Waals surface area contributed by atoms with Gasteiger partial charge in [-0.1, -0.05) is 35.7 Å². The van der Waals surface area contributed by atoms with Crippen molar-refractivity contribution in [2.45, 2.75) is 55.6 Å². The van der Waals surface area contributed by atoms with Crippen LogP contribution in [0.3, 0.4) is 0 Å². The van der Waals surface area contributed by atoms with Crippen molar-refractivity contribution in [2.24, 2.45) is 0 Å². The van der Waals surface area contributed by atoms with E-state index in [9.17, 15) is 0 Å². The van der Waals surface area contributed by atoms with Crippen LogP contribution in [0.5, 0.6) is 0 Å². The fourth-order valence-corrected chi connectivity index (χ4v) is 2.98. The van der Waals surface area contributed by atoms with E-state index in [1.54, 1.807) is 0 Å². The standard InChI is InChI=1S/C9H15BrO/c1-2-3-5-9-6-4-7(10)8(9)11-9/h7-8H,2-6H2,1H3/t7-,8+,9-/m1/s1. The van der Waals surface area contributed by atoms with Gasteiger partial charge in [-0.15, -0.1) is 0 Å². The first-order chi connectivity index (χ1) is 5.28. The Labute approximate surface area is 76.6 Å². The molecule has 0 aromatic heterocycles. The van der Waals surface area contributed by atoms with Crippen LogP contribution in [0.4, 0.5) is 0 Å². The van der Waals surface area contributed by atoms with E-state index >= 15 is 0 Å².